The minimum atomic E-state index is -3.21. The van der Waals surface area contributed by atoms with Gasteiger partial charge in [-0.1, -0.05) is 19.1 Å². The van der Waals surface area contributed by atoms with Crippen LogP contribution in [0, 0.1) is 13.8 Å². The lowest BCUT2D eigenvalue weighted by Gasteiger charge is -2.31. The number of aromatic nitrogens is 2. The maximum Gasteiger partial charge on any atom is 0.273 e. The number of benzene rings is 2. The van der Waals surface area contributed by atoms with Crippen LogP contribution in [0.4, 0.5) is 0 Å². The Labute approximate surface area is 204 Å². The highest BCUT2D eigenvalue weighted by Crippen LogP contribution is 2.47. The number of sulfone groups is 1. The molecule has 8 nitrogen and oxygen atoms in total. The van der Waals surface area contributed by atoms with Crippen LogP contribution in [0.15, 0.2) is 36.4 Å². The summed E-state index contributed by atoms with van der Waals surface area (Å²) in [6.07, 6.45) is 1.29. The van der Waals surface area contributed by atoms with Crippen molar-refractivity contribution in [1.29, 1.82) is 0 Å². The maximum absolute atomic E-state index is 13.6. The van der Waals surface area contributed by atoms with E-state index >= 15 is 0 Å². The Kier molecular flexibility index (Phi) is 5.83. The van der Waals surface area contributed by atoms with E-state index in [0.717, 1.165) is 28.9 Å². The Hall–Kier alpha value is -3.33. The largest absolute Gasteiger partial charge is 0.507 e. The summed E-state index contributed by atoms with van der Waals surface area (Å²) in [6.45, 7) is 6.52. The second-order valence-electron chi connectivity index (χ2n) is 9.40. The Morgan fingerprint density at radius 2 is 1.89 bits per heavy atom. The second-order valence-corrected chi connectivity index (χ2v) is 11.6. The van der Waals surface area contributed by atoms with E-state index in [1.807, 2.05) is 51.1 Å². The normalized spacial score (nSPS) is 20.9. The lowest BCUT2D eigenvalue weighted by atomic mass is 9.93. The van der Waals surface area contributed by atoms with Gasteiger partial charge in [0.15, 0.2) is 9.84 Å². The number of aromatic amines is 1. The minimum absolute atomic E-state index is 0.0607. The quantitative estimate of drug-likeness (QED) is 0.536. The molecule has 5 rings (SSSR count). The highest BCUT2D eigenvalue weighted by molar-refractivity contribution is 7.91. The first kappa shape index (κ1) is 23.4. The Balaban J connectivity index is 1.64. The van der Waals surface area contributed by atoms with Gasteiger partial charge in [0.1, 0.15) is 22.9 Å². The van der Waals surface area contributed by atoms with Crippen molar-refractivity contribution >= 4 is 15.7 Å². The first-order chi connectivity index (χ1) is 16.7. The number of phenolic OH excluding ortho intramolecular Hbond substituents is 1. The summed E-state index contributed by atoms with van der Waals surface area (Å²) in [4.78, 5) is 15.3. The maximum atomic E-state index is 13.6. The molecule has 2 atom stereocenters. The Morgan fingerprint density at radius 1 is 1.17 bits per heavy atom. The predicted molar refractivity (Wildman–Crippen MR) is 132 cm³/mol. The molecule has 0 saturated carbocycles. The molecule has 184 valence electrons. The van der Waals surface area contributed by atoms with E-state index in [-0.39, 0.29) is 23.2 Å². The number of hydrogen-bond acceptors (Lipinski definition) is 6. The molecule has 3 aromatic rings. The molecule has 0 aliphatic carbocycles. The number of nitrogens with one attached hydrogen (secondary N) is 1. The molecule has 2 aliphatic rings. The van der Waals surface area contributed by atoms with Crippen LogP contribution in [0.5, 0.6) is 11.5 Å². The number of aryl methyl sites for hydroxylation is 2. The average molecular weight is 496 g/mol. The summed E-state index contributed by atoms with van der Waals surface area (Å²) in [5, 5.41) is 18.1. The third-order valence-electron chi connectivity index (χ3n) is 6.94. The fourth-order valence-corrected chi connectivity index (χ4v) is 6.74. The van der Waals surface area contributed by atoms with Crippen molar-refractivity contribution in [3.05, 3.63) is 64.3 Å². The number of rotatable bonds is 6. The van der Waals surface area contributed by atoms with Crippen molar-refractivity contribution < 1.29 is 23.1 Å². The molecule has 35 heavy (non-hydrogen) atoms. The molecule has 2 N–H and O–H groups in total. The topological polar surface area (TPSA) is 113 Å². The van der Waals surface area contributed by atoms with Gasteiger partial charge in [0, 0.05) is 17.2 Å². The highest BCUT2D eigenvalue weighted by atomic mass is 32.2. The van der Waals surface area contributed by atoms with Crippen molar-refractivity contribution in [3.8, 4) is 22.8 Å². The Bertz CT molecular complexity index is 1400. The first-order valence-corrected chi connectivity index (χ1v) is 13.7. The van der Waals surface area contributed by atoms with Crippen LogP contribution in [0.1, 0.15) is 58.5 Å². The smallest absolute Gasteiger partial charge is 0.273 e. The fourth-order valence-electron chi connectivity index (χ4n) is 5.03. The van der Waals surface area contributed by atoms with Crippen molar-refractivity contribution in [2.45, 2.75) is 45.7 Å². The van der Waals surface area contributed by atoms with Crippen molar-refractivity contribution in [3.63, 3.8) is 0 Å². The van der Waals surface area contributed by atoms with E-state index in [1.165, 1.54) is 0 Å². The minimum Gasteiger partial charge on any atom is -0.507 e. The summed E-state index contributed by atoms with van der Waals surface area (Å²) in [5.41, 5.74) is 4.79. The second kappa shape index (κ2) is 8.71. The molecule has 1 saturated heterocycles. The van der Waals surface area contributed by atoms with Gasteiger partial charge in [-0.15, -0.1) is 0 Å². The third-order valence-corrected chi connectivity index (χ3v) is 8.69. The molecular weight excluding hydrogens is 466 g/mol. The van der Waals surface area contributed by atoms with E-state index in [0.29, 0.717) is 35.5 Å². The van der Waals surface area contributed by atoms with Crippen LogP contribution in [0.3, 0.4) is 0 Å². The molecule has 1 aromatic heterocycles. The number of amides is 1. The lowest BCUT2D eigenvalue weighted by molar-refractivity contribution is 0.0677. The molecule has 2 aromatic carbocycles. The van der Waals surface area contributed by atoms with Gasteiger partial charge in [-0.25, -0.2) is 8.42 Å². The van der Waals surface area contributed by atoms with Gasteiger partial charge in [0.2, 0.25) is 0 Å². The number of carbonyl (C=O) groups excluding carboxylic acids is 1. The molecule has 2 unspecified atom stereocenters. The average Bonchev–Trinajstić information content (AvgIpc) is 3.48. The van der Waals surface area contributed by atoms with Crippen LogP contribution >= 0.6 is 0 Å². The van der Waals surface area contributed by atoms with Gasteiger partial charge < -0.3 is 14.7 Å². The number of phenols is 1. The lowest BCUT2D eigenvalue weighted by Crippen LogP contribution is -2.40. The van der Waals surface area contributed by atoms with E-state index < -0.39 is 21.9 Å². The number of H-pyrrole nitrogens is 1. The molecule has 0 spiro atoms. The summed E-state index contributed by atoms with van der Waals surface area (Å²) >= 11 is 0. The fraction of sp³-hybridized carbons (Fsp3) is 0.385. The standard InChI is InChI=1S/C26H29N3O5S/c1-4-10-34-19-7-5-17(6-8-19)25-22-23(20-12-15(2)16(3)13-21(20)30)27-28-24(22)26(31)29(25)18-9-11-35(32,33)14-18/h5-8,12-13,18,25,30H,4,9-11,14H2,1-3H3,(H,27,28). The van der Waals surface area contributed by atoms with Crippen LogP contribution in [0.25, 0.3) is 11.3 Å². The SMILES string of the molecule is CCCOc1ccc(C2c3c(-c4cc(C)c(C)cc4O)n[nH]c3C(=O)N2C2CCS(=O)(=O)C2)cc1. The zero-order chi connectivity index (χ0) is 24.9. The van der Waals surface area contributed by atoms with Crippen molar-refractivity contribution in [2.75, 3.05) is 18.1 Å². The first-order valence-electron chi connectivity index (χ1n) is 11.8. The van der Waals surface area contributed by atoms with E-state index in [9.17, 15) is 18.3 Å². The van der Waals surface area contributed by atoms with Gasteiger partial charge in [0.25, 0.3) is 5.91 Å². The van der Waals surface area contributed by atoms with Crippen LogP contribution in [0.2, 0.25) is 0 Å². The number of carbonyl (C=O) groups is 1. The number of ether oxygens (including phenoxy) is 1. The molecule has 1 amide bonds. The monoisotopic (exact) mass is 495 g/mol. The zero-order valence-corrected chi connectivity index (χ0v) is 20.9. The van der Waals surface area contributed by atoms with Crippen LogP contribution < -0.4 is 4.74 Å². The van der Waals surface area contributed by atoms with Gasteiger partial charge in [-0.2, -0.15) is 5.10 Å². The Morgan fingerprint density at radius 3 is 2.54 bits per heavy atom. The molecule has 0 radical (unpaired) electrons. The van der Waals surface area contributed by atoms with Gasteiger partial charge in [-0.3, -0.25) is 9.89 Å². The number of hydrogen-bond donors (Lipinski definition) is 2. The summed E-state index contributed by atoms with van der Waals surface area (Å²) < 4.78 is 30.3. The van der Waals surface area contributed by atoms with Gasteiger partial charge >= 0.3 is 0 Å². The van der Waals surface area contributed by atoms with Gasteiger partial charge in [-0.05, 0) is 67.6 Å². The van der Waals surface area contributed by atoms with Crippen LogP contribution in [-0.2, 0) is 9.84 Å². The molecule has 2 aliphatic heterocycles. The number of aromatic hydroxyl groups is 1. The molecule has 9 heteroatoms. The predicted octanol–water partition coefficient (Wildman–Crippen LogP) is 3.92. The number of nitrogens with zero attached hydrogens (tertiary/aromatic N) is 2. The third kappa shape index (κ3) is 4.07. The number of fused-ring (bicyclic) bond motifs is 1. The molecule has 3 heterocycles. The molecular formula is C26H29N3O5S. The van der Waals surface area contributed by atoms with Crippen molar-refractivity contribution in [2.24, 2.45) is 0 Å². The highest BCUT2D eigenvalue weighted by Gasteiger charge is 2.48. The molecule has 0 bridgehead atoms. The summed E-state index contributed by atoms with van der Waals surface area (Å²) in [5.74, 6) is 0.540. The van der Waals surface area contributed by atoms with E-state index in [4.69, 9.17) is 4.74 Å². The van der Waals surface area contributed by atoms with Crippen molar-refractivity contribution in [1.82, 2.24) is 15.1 Å². The summed E-state index contributed by atoms with van der Waals surface area (Å²) in [7, 11) is -3.21. The van der Waals surface area contributed by atoms with E-state index in [2.05, 4.69) is 10.2 Å². The van der Waals surface area contributed by atoms with Gasteiger partial charge in [0.05, 0.1) is 24.2 Å². The van der Waals surface area contributed by atoms with Crippen LogP contribution in [-0.4, -0.2) is 58.7 Å². The molecule has 1 fully saturated rings. The van der Waals surface area contributed by atoms with E-state index in [1.54, 1.807) is 11.0 Å². The zero-order valence-electron chi connectivity index (χ0n) is 20.0. The summed E-state index contributed by atoms with van der Waals surface area (Å²) in [6, 6.07) is 10.1.